The Labute approximate surface area is 157 Å². The SMILES string of the molecule is COc1ccc(OC)c(-c2ccc3c(NC(=O)C4CCCC4)n[nH]c3c2)c1. The molecule has 1 aliphatic rings. The van der Waals surface area contributed by atoms with Crippen molar-refractivity contribution in [1.29, 1.82) is 0 Å². The van der Waals surface area contributed by atoms with E-state index in [-0.39, 0.29) is 11.8 Å². The van der Waals surface area contributed by atoms with Gasteiger partial charge in [-0.2, -0.15) is 5.10 Å². The predicted molar refractivity (Wildman–Crippen MR) is 105 cm³/mol. The highest BCUT2D eigenvalue weighted by Gasteiger charge is 2.23. The van der Waals surface area contributed by atoms with Crippen LogP contribution in [0.25, 0.3) is 22.0 Å². The second kappa shape index (κ2) is 7.31. The van der Waals surface area contributed by atoms with Crippen molar-refractivity contribution in [2.45, 2.75) is 25.7 Å². The van der Waals surface area contributed by atoms with E-state index in [0.717, 1.165) is 59.2 Å². The van der Waals surface area contributed by atoms with E-state index in [1.807, 2.05) is 36.4 Å². The molecule has 0 saturated heterocycles. The van der Waals surface area contributed by atoms with Crippen LogP contribution in [0.5, 0.6) is 11.5 Å². The first-order valence-electron chi connectivity index (χ1n) is 9.21. The number of aromatic nitrogens is 2. The van der Waals surface area contributed by atoms with E-state index in [0.29, 0.717) is 5.82 Å². The van der Waals surface area contributed by atoms with Gasteiger partial charge in [0.15, 0.2) is 5.82 Å². The molecule has 2 N–H and O–H groups in total. The number of rotatable bonds is 5. The second-order valence-electron chi connectivity index (χ2n) is 6.87. The van der Waals surface area contributed by atoms with Gasteiger partial charge < -0.3 is 14.8 Å². The molecule has 3 aromatic rings. The summed E-state index contributed by atoms with van der Waals surface area (Å²) < 4.78 is 10.8. The van der Waals surface area contributed by atoms with Crippen LogP contribution in [0.2, 0.25) is 0 Å². The van der Waals surface area contributed by atoms with Gasteiger partial charge in [0.1, 0.15) is 11.5 Å². The van der Waals surface area contributed by atoms with Crippen molar-refractivity contribution in [2.75, 3.05) is 19.5 Å². The number of nitrogens with one attached hydrogen (secondary N) is 2. The van der Waals surface area contributed by atoms with Crippen LogP contribution in [0.1, 0.15) is 25.7 Å². The Morgan fingerprint density at radius 3 is 2.67 bits per heavy atom. The standard InChI is InChI=1S/C21H23N3O3/c1-26-15-8-10-19(27-2)17(12-15)14-7-9-16-18(11-14)23-24-20(16)22-21(25)13-5-3-4-6-13/h7-13H,3-6H2,1-2H3,(H2,22,23,24,25). The summed E-state index contributed by atoms with van der Waals surface area (Å²) in [5.74, 6) is 2.30. The van der Waals surface area contributed by atoms with Crippen molar-refractivity contribution in [3.63, 3.8) is 0 Å². The van der Waals surface area contributed by atoms with Crippen molar-refractivity contribution in [3.8, 4) is 22.6 Å². The molecule has 140 valence electrons. The molecule has 27 heavy (non-hydrogen) atoms. The Kier molecular flexibility index (Phi) is 4.71. The lowest BCUT2D eigenvalue weighted by Crippen LogP contribution is -2.20. The fraction of sp³-hybridized carbons (Fsp3) is 0.333. The van der Waals surface area contributed by atoms with E-state index >= 15 is 0 Å². The first-order valence-corrected chi connectivity index (χ1v) is 9.21. The lowest BCUT2D eigenvalue weighted by atomic mass is 10.0. The molecular weight excluding hydrogens is 342 g/mol. The number of hydrogen-bond donors (Lipinski definition) is 2. The Hall–Kier alpha value is -3.02. The molecule has 0 bridgehead atoms. The summed E-state index contributed by atoms with van der Waals surface area (Å²) in [5.41, 5.74) is 2.78. The summed E-state index contributed by atoms with van der Waals surface area (Å²) in [5, 5.41) is 11.2. The zero-order chi connectivity index (χ0) is 18.8. The van der Waals surface area contributed by atoms with E-state index in [2.05, 4.69) is 15.5 Å². The number of carbonyl (C=O) groups is 1. The first-order chi connectivity index (χ1) is 13.2. The third-order valence-corrected chi connectivity index (χ3v) is 5.25. The summed E-state index contributed by atoms with van der Waals surface area (Å²) in [4.78, 5) is 12.4. The summed E-state index contributed by atoms with van der Waals surface area (Å²) in [6.45, 7) is 0. The molecule has 1 aromatic heterocycles. The molecule has 0 aliphatic heterocycles. The summed E-state index contributed by atoms with van der Waals surface area (Å²) in [6, 6.07) is 11.7. The number of nitrogens with zero attached hydrogens (tertiary/aromatic N) is 1. The quantitative estimate of drug-likeness (QED) is 0.704. The third-order valence-electron chi connectivity index (χ3n) is 5.25. The molecule has 1 amide bonds. The molecule has 6 heteroatoms. The van der Waals surface area contributed by atoms with Gasteiger partial charge in [-0.05, 0) is 48.7 Å². The van der Waals surface area contributed by atoms with Crippen molar-refractivity contribution >= 4 is 22.6 Å². The molecule has 0 atom stereocenters. The van der Waals surface area contributed by atoms with Gasteiger partial charge in [0.25, 0.3) is 0 Å². The highest BCUT2D eigenvalue weighted by Crippen LogP contribution is 2.35. The molecular formula is C21H23N3O3. The highest BCUT2D eigenvalue weighted by molar-refractivity contribution is 6.01. The minimum atomic E-state index is 0.0689. The van der Waals surface area contributed by atoms with Crippen LogP contribution in [0.4, 0.5) is 5.82 Å². The number of amides is 1. The minimum Gasteiger partial charge on any atom is -0.497 e. The van der Waals surface area contributed by atoms with Crippen molar-refractivity contribution in [2.24, 2.45) is 5.92 Å². The van der Waals surface area contributed by atoms with E-state index in [4.69, 9.17) is 9.47 Å². The topological polar surface area (TPSA) is 76.2 Å². The number of ether oxygens (including phenoxy) is 2. The zero-order valence-corrected chi connectivity index (χ0v) is 15.5. The largest absolute Gasteiger partial charge is 0.497 e. The fourth-order valence-electron chi connectivity index (χ4n) is 3.73. The van der Waals surface area contributed by atoms with E-state index in [1.54, 1.807) is 14.2 Å². The summed E-state index contributed by atoms with van der Waals surface area (Å²) >= 11 is 0. The molecule has 1 fully saturated rings. The van der Waals surface area contributed by atoms with Gasteiger partial charge in [-0.25, -0.2) is 0 Å². The van der Waals surface area contributed by atoms with Crippen LogP contribution in [-0.4, -0.2) is 30.3 Å². The molecule has 0 spiro atoms. The smallest absolute Gasteiger partial charge is 0.228 e. The molecule has 4 rings (SSSR count). The average Bonchev–Trinajstić information content (AvgIpc) is 3.37. The van der Waals surface area contributed by atoms with Crippen LogP contribution < -0.4 is 14.8 Å². The lowest BCUT2D eigenvalue weighted by molar-refractivity contribution is -0.119. The molecule has 2 aromatic carbocycles. The Bertz CT molecular complexity index is 974. The van der Waals surface area contributed by atoms with Gasteiger partial charge in [-0.1, -0.05) is 18.9 Å². The second-order valence-corrected chi connectivity index (χ2v) is 6.87. The van der Waals surface area contributed by atoms with Crippen molar-refractivity contribution in [1.82, 2.24) is 10.2 Å². The van der Waals surface area contributed by atoms with Crippen LogP contribution >= 0.6 is 0 Å². The van der Waals surface area contributed by atoms with E-state index in [9.17, 15) is 4.79 Å². The maximum Gasteiger partial charge on any atom is 0.228 e. The number of H-pyrrole nitrogens is 1. The van der Waals surface area contributed by atoms with Gasteiger partial charge in [0, 0.05) is 16.9 Å². The van der Waals surface area contributed by atoms with Gasteiger partial charge in [0.2, 0.25) is 5.91 Å². The molecule has 1 saturated carbocycles. The summed E-state index contributed by atoms with van der Waals surface area (Å²) in [7, 11) is 3.29. The highest BCUT2D eigenvalue weighted by atomic mass is 16.5. The van der Waals surface area contributed by atoms with Crippen molar-refractivity contribution < 1.29 is 14.3 Å². The maximum atomic E-state index is 12.4. The van der Waals surface area contributed by atoms with E-state index in [1.165, 1.54) is 0 Å². The molecule has 1 aliphatic carbocycles. The number of anilines is 1. The molecule has 0 unspecified atom stereocenters. The lowest BCUT2D eigenvalue weighted by Gasteiger charge is -2.11. The average molecular weight is 365 g/mol. The molecule has 0 radical (unpaired) electrons. The Morgan fingerprint density at radius 2 is 1.93 bits per heavy atom. The maximum absolute atomic E-state index is 12.4. The number of aromatic amines is 1. The van der Waals surface area contributed by atoms with E-state index < -0.39 is 0 Å². The van der Waals surface area contributed by atoms with Gasteiger partial charge in [-0.15, -0.1) is 0 Å². The predicted octanol–water partition coefficient (Wildman–Crippen LogP) is 4.38. The van der Waals surface area contributed by atoms with Gasteiger partial charge in [-0.3, -0.25) is 9.89 Å². The number of methoxy groups -OCH3 is 2. The van der Waals surface area contributed by atoms with Crippen molar-refractivity contribution in [3.05, 3.63) is 36.4 Å². The normalized spacial score (nSPS) is 14.4. The molecule has 1 heterocycles. The number of hydrogen-bond acceptors (Lipinski definition) is 4. The van der Waals surface area contributed by atoms with Gasteiger partial charge >= 0.3 is 0 Å². The van der Waals surface area contributed by atoms with Crippen LogP contribution in [0.15, 0.2) is 36.4 Å². The Balaban J connectivity index is 1.65. The third kappa shape index (κ3) is 3.35. The first kappa shape index (κ1) is 17.4. The number of benzene rings is 2. The monoisotopic (exact) mass is 365 g/mol. The Morgan fingerprint density at radius 1 is 1.11 bits per heavy atom. The number of carbonyl (C=O) groups excluding carboxylic acids is 1. The van der Waals surface area contributed by atoms with Gasteiger partial charge in [0.05, 0.1) is 19.7 Å². The van der Waals surface area contributed by atoms with Crippen LogP contribution in [0.3, 0.4) is 0 Å². The summed E-state index contributed by atoms with van der Waals surface area (Å²) in [6.07, 6.45) is 4.19. The molecule has 6 nitrogen and oxygen atoms in total. The zero-order valence-electron chi connectivity index (χ0n) is 15.5. The fourth-order valence-corrected chi connectivity index (χ4v) is 3.73. The minimum absolute atomic E-state index is 0.0689. The van der Waals surface area contributed by atoms with Crippen LogP contribution in [-0.2, 0) is 4.79 Å². The number of fused-ring (bicyclic) bond motifs is 1. The van der Waals surface area contributed by atoms with Crippen LogP contribution in [0, 0.1) is 5.92 Å².